The number of amides is 1. The van der Waals surface area contributed by atoms with E-state index in [4.69, 9.17) is 23.2 Å². The zero-order chi connectivity index (χ0) is 21.3. The van der Waals surface area contributed by atoms with Crippen molar-refractivity contribution in [2.24, 2.45) is 0 Å². The Morgan fingerprint density at radius 1 is 0.967 bits per heavy atom. The summed E-state index contributed by atoms with van der Waals surface area (Å²) in [5, 5.41) is 2.70. The molecular formula is C20H17Cl2N3O3S2. The molecule has 0 atom stereocenters. The van der Waals surface area contributed by atoms with Gasteiger partial charge < -0.3 is 4.90 Å². The lowest BCUT2D eigenvalue weighted by Crippen LogP contribution is -2.50. The predicted molar refractivity (Wildman–Crippen MR) is 119 cm³/mol. The number of piperazine rings is 1. The minimum Gasteiger partial charge on any atom is -0.335 e. The monoisotopic (exact) mass is 481 g/mol. The molecule has 30 heavy (non-hydrogen) atoms. The summed E-state index contributed by atoms with van der Waals surface area (Å²) in [5.74, 6) is -0.203. The Kier molecular flexibility index (Phi) is 6.13. The summed E-state index contributed by atoms with van der Waals surface area (Å²) in [6.45, 7) is 0.891. The first-order valence-electron chi connectivity index (χ1n) is 9.12. The van der Waals surface area contributed by atoms with Gasteiger partial charge in [0.1, 0.15) is 15.6 Å². The van der Waals surface area contributed by atoms with Crippen molar-refractivity contribution in [1.29, 1.82) is 0 Å². The van der Waals surface area contributed by atoms with Gasteiger partial charge in [0.15, 0.2) is 0 Å². The van der Waals surface area contributed by atoms with Gasteiger partial charge in [0.05, 0.1) is 10.0 Å². The van der Waals surface area contributed by atoms with E-state index in [0.29, 0.717) is 5.69 Å². The third-order valence-electron chi connectivity index (χ3n) is 4.80. The van der Waals surface area contributed by atoms with E-state index in [1.165, 1.54) is 27.8 Å². The van der Waals surface area contributed by atoms with Crippen LogP contribution >= 0.6 is 34.5 Å². The zero-order valence-electron chi connectivity index (χ0n) is 15.7. The van der Waals surface area contributed by atoms with Crippen LogP contribution in [0.25, 0.3) is 10.6 Å². The number of carbonyl (C=O) groups is 1. The van der Waals surface area contributed by atoms with Crippen molar-refractivity contribution in [2.45, 2.75) is 4.90 Å². The normalized spacial score (nSPS) is 15.3. The molecular weight excluding hydrogens is 465 g/mol. The number of hydrogen-bond donors (Lipinski definition) is 0. The number of sulfonamides is 1. The molecule has 0 saturated carbocycles. The van der Waals surface area contributed by atoms with E-state index in [1.807, 2.05) is 30.3 Å². The Bertz CT molecular complexity index is 1180. The Morgan fingerprint density at radius 3 is 2.37 bits per heavy atom. The van der Waals surface area contributed by atoms with Gasteiger partial charge in [-0.25, -0.2) is 13.4 Å². The van der Waals surface area contributed by atoms with Crippen molar-refractivity contribution in [1.82, 2.24) is 14.2 Å². The average Bonchev–Trinajstić information content (AvgIpc) is 3.26. The largest absolute Gasteiger partial charge is 0.335 e. The van der Waals surface area contributed by atoms with E-state index in [-0.39, 0.29) is 47.0 Å². The van der Waals surface area contributed by atoms with Crippen LogP contribution in [0.15, 0.2) is 58.8 Å². The van der Waals surface area contributed by atoms with Gasteiger partial charge in [-0.2, -0.15) is 4.31 Å². The minimum absolute atomic E-state index is 0.00795. The molecule has 3 aromatic rings. The van der Waals surface area contributed by atoms with E-state index < -0.39 is 10.0 Å². The lowest BCUT2D eigenvalue weighted by molar-refractivity contribution is 0.0693. The molecule has 4 rings (SSSR count). The Morgan fingerprint density at radius 2 is 1.67 bits per heavy atom. The zero-order valence-corrected chi connectivity index (χ0v) is 18.8. The second kappa shape index (κ2) is 8.64. The van der Waals surface area contributed by atoms with Gasteiger partial charge in [-0.1, -0.05) is 59.6 Å². The Hall–Kier alpha value is -1.97. The highest BCUT2D eigenvalue weighted by molar-refractivity contribution is 7.89. The van der Waals surface area contributed by atoms with Crippen LogP contribution in [-0.4, -0.2) is 54.7 Å². The van der Waals surface area contributed by atoms with Gasteiger partial charge in [0, 0.05) is 37.1 Å². The minimum atomic E-state index is -3.80. The van der Waals surface area contributed by atoms with Crippen LogP contribution in [0.4, 0.5) is 0 Å². The molecule has 6 nitrogen and oxygen atoms in total. The van der Waals surface area contributed by atoms with Crippen LogP contribution < -0.4 is 0 Å². The number of halogens is 2. The SMILES string of the molecule is O=C(c1csc(-c2ccccc2)n1)N1CCN(S(=O)(=O)c2cccc(Cl)c2Cl)CC1. The van der Waals surface area contributed by atoms with E-state index in [1.54, 1.807) is 16.3 Å². The van der Waals surface area contributed by atoms with Crippen molar-refractivity contribution < 1.29 is 13.2 Å². The average molecular weight is 482 g/mol. The highest BCUT2D eigenvalue weighted by Crippen LogP contribution is 2.31. The molecule has 1 fully saturated rings. The van der Waals surface area contributed by atoms with Crippen molar-refractivity contribution in [3.63, 3.8) is 0 Å². The molecule has 1 aromatic heterocycles. The quantitative estimate of drug-likeness (QED) is 0.557. The number of aromatic nitrogens is 1. The molecule has 1 aliphatic rings. The highest BCUT2D eigenvalue weighted by Gasteiger charge is 2.32. The molecule has 1 aliphatic heterocycles. The molecule has 0 bridgehead atoms. The van der Waals surface area contributed by atoms with Gasteiger partial charge in [-0.05, 0) is 12.1 Å². The molecule has 0 spiro atoms. The third kappa shape index (κ3) is 4.10. The summed E-state index contributed by atoms with van der Waals surface area (Å²) in [4.78, 5) is 18.9. The molecule has 0 unspecified atom stereocenters. The first-order valence-corrected chi connectivity index (χ1v) is 12.2. The molecule has 2 heterocycles. The maximum Gasteiger partial charge on any atom is 0.273 e. The van der Waals surface area contributed by atoms with E-state index >= 15 is 0 Å². The summed E-state index contributed by atoms with van der Waals surface area (Å²) < 4.78 is 27.2. The fourth-order valence-corrected chi connectivity index (χ4v) is 6.16. The Labute approximate surface area is 188 Å². The van der Waals surface area contributed by atoms with Gasteiger partial charge in [-0.15, -0.1) is 11.3 Å². The lowest BCUT2D eigenvalue weighted by Gasteiger charge is -2.33. The second-order valence-electron chi connectivity index (χ2n) is 6.65. The lowest BCUT2D eigenvalue weighted by atomic mass is 10.2. The van der Waals surface area contributed by atoms with Crippen molar-refractivity contribution >= 4 is 50.5 Å². The molecule has 0 aliphatic carbocycles. The predicted octanol–water partition coefficient (Wildman–Crippen LogP) is 4.26. The molecule has 2 aromatic carbocycles. The van der Waals surface area contributed by atoms with Gasteiger partial charge in [-0.3, -0.25) is 4.79 Å². The second-order valence-corrected chi connectivity index (χ2v) is 10.2. The summed E-state index contributed by atoms with van der Waals surface area (Å²) in [6.07, 6.45) is 0. The van der Waals surface area contributed by atoms with E-state index in [0.717, 1.165) is 10.6 Å². The van der Waals surface area contributed by atoms with Crippen LogP contribution in [0, 0.1) is 0 Å². The fourth-order valence-electron chi connectivity index (χ4n) is 3.20. The number of hydrogen-bond acceptors (Lipinski definition) is 5. The van der Waals surface area contributed by atoms with Crippen LogP contribution in [0.2, 0.25) is 10.0 Å². The standard InChI is InChI=1S/C20H17Cl2N3O3S2/c21-15-7-4-8-17(18(15)22)30(27,28)25-11-9-24(10-12-25)20(26)16-13-29-19(23-16)14-5-2-1-3-6-14/h1-8,13H,9-12H2. The smallest absolute Gasteiger partial charge is 0.273 e. The Balaban J connectivity index is 1.45. The number of thiazole rings is 1. The number of nitrogens with zero attached hydrogens (tertiary/aromatic N) is 3. The summed E-state index contributed by atoms with van der Waals surface area (Å²) >= 11 is 13.5. The first kappa shape index (κ1) is 21.3. The van der Waals surface area contributed by atoms with E-state index in [2.05, 4.69) is 4.98 Å². The summed E-state index contributed by atoms with van der Waals surface area (Å²) in [7, 11) is -3.80. The van der Waals surface area contributed by atoms with Gasteiger partial charge in [0.25, 0.3) is 5.91 Å². The number of carbonyl (C=O) groups excluding carboxylic acids is 1. The molecule has 0 N–H and O–H groups in total. The van der Waals surface area contributed by atoms with Crippen LogP contribution in [0.5, 0.6) is 0 Å². The summed E-state index contributed by atoms with van der Waals surface area (Å²) in [6, 6.07) is 14.2. The third-order valence-corrected chi connectivity index (χ3v) is 8.57. The highest BCUT2D eigenvalue weighted by atomic mass is 35.5. The molecule has 1 amide bonds. The van der Waals surface area contributed by atoms with Crippen molar-refractivity contribution in [2.75, 3.05) is 26.2 Å². The van der Waals surface area contributed by atoms with Crippen molar-refractivity contribution in [3.05, 3.63) is 69.7 Å². The molecule has 156 valence electrons. The number of rotatable bonds is 4. The van der Waals surface area contributed by atoms with Gasteiger partial charge in [0.2, 0.25) is 10.0 Å². The summed E-state index contributed by atoms with van der Waals surface area (Å²) in [5.41, 5.74) is 1.32. The first-order chi connectivity index (χ1) is 14.4. The topological polar surface area (TPSA) is 70.6 Å². The van der Waals surface area contributed by atoms with Crippen LogP contribution in [-0.2, 0) is 10.0 Å². The van der Waals surface area contributed by atoms with Crippen molar-refractivity contribution in [3.8, 4) is 10.6 Å². The van der Waals surface area contributed by atoms with Crippen LogP contribution in [0.3, 0.4) is 0 Å². The molecule has 0 radical (unpaired) electrons. The maximum absolute atomic E-state index is 12.9. The molecule has 1 saturated heterocycles. The molecule has 10 heteroatoms. The maximum atomic E-state index is 12.9. The van der Waals surface area contributed by atoms with Crippen LogP contribution in [0.1, 0.15) is 10.5 Å². The fraction of sp³-hybridized carbons (Fsp3) is 0.200. The van der Waals surface area contributed by atoms with Gasteiger partial charge >= 0.3 is 0 Å². The number of benzene rings is 2. The van der Waals surface area contributed by atoms with E-state index in [9.17, 15) is 13.2 Å².